The maximum Gasteiger partial charge on any atom is 0.286 e. The molecule has 8 heteroatoms. The lowest BCUT2D eigenvalue weighted by atomic mass is 10.3. The molecule has 1 aromatic carbocycles. The Kier molecular flexibility index (Phi) is 2.82. The molecule has 1 heterocycles. The van der Waals surface area contributed by atoms with Crippen LogP contribution in [0.25, 0.3) is 0 Å². The zero-order valence-corrected chi connectivity index (χ0v) is 9.49. The van der Waals surface area contributed by atoms with E-state index in [0.717, 1.165) is 0 Å². The first-order valence-electron chi connectivity index (χ1n) is 4.72. The van der Waals surface area contributed by atoms with E-state index in [2.05, 4.69) is 9.71 Å². The number of hydrazine groups is 1. The van der Waals surface area contributed by atoms with Gasteiger partial charge in [-0.2, -0.15) is 8.42 Å². The number of hydrogen-bond acceptors (Lipinski definition) is 5. The number of carbonyl (C=O) groups excluding carboxylic acids is 1. The van der Waals surface area contributed by atoms with E-state index >= 15 is 0 Å². The molecule has 0 bridgehead atoms. The number of hydrogen-bond donors (Lipinski definition) is 3. The van der Waals surface area contributed by atoms with Gasteiger partial charge in [-0.05, 0) is 12.1 Å². The second kappa shape index (κ2) is 4.15. The van der Waals surface area contributed by atoms with Gasteiger partial charge in [0.15, 0.2) is 0 Å². The maximum absolute atomic E-state index is 11.8. The predicted octanol–water partition coefficient (Wildman–Crippen LogP) is -0.421. The number of amidine groups is 1. The Balaban J connectivity index is 2.38. The molecule has 1 amide bonds. The third-order valence-corrected chi connectivity index (χ3v) is 3.54. The molecule has 0 fully saturated rings. The average molecular weight is 254 g/mol. The van der Waals surface area contributed by atoms with E-state index in [-0.39, 0.29) is 17.2 Å². The standard InChI is InChI=1S/C9H10N4O3S/c10-12-9(14)5-8-11-6-3-1-2-4-7(6)17(15,16)13-8/h1-4H,5,10H2,(H,11,13)(H,12,14). The monoisotopic (exact) mass is 254 g/mol. The number of amides is 1. The smallest absolute Gasteiger partial charge is 0.286 e. The molecule has 4 N–H and O–H groups in total. The first-order chi connectivity index (χ1) is 8.03. The van der Waals surface area contributed by atoms with Crippen LogP contribution in [0, 0.1) is 0 Å². The van der Waals surface area contributed by atoms with Gasteiger partial charge in [0.25, 0.3) is 10.0 Å². The van der Waals surface area contributed by atoms with Gasteiger partial charge in [0.05, 0.1) is 12.1 Å². The van der Waals surface area contributed by atoms with Crippen molar-refractivity contribution < 1.29 is 13.2 Å². The summed E-state index contributed by atoms with van der Waals surface area (Å²) in [6.07, 6.45) is -0.218. The molecule has 0 saturated heterocycles. The van der Waals surface area contributed by atoms with Crippen LogP contribution < -0.4 is 16.6 Å². The predicted molar refractivity (Wildman–Crippen MR) is 61.6 cm³/mol. The van der Waals surface area contributed by atoms with Gasteiger partial charge < -0.3 is 5.32 Å². The summed E-state index contributed by atoms with van der Waals surface area (Å²) in [6.45, 7) is 0. The summed E-state index contributed by atoms with van der Waals surface area (Å²) in [4.78, 5) is 11.1. The second-order valence-electron chi connectivity index (χ2n) is 3.38. The van der Waals surface area contributed by atoms with E-state index in [4.69, 9.17) is 5.84 Å². The van der Waals surface area contributed by atoms with Crippen molar-refractivity contribution in [3.05, 3.63) is 24.3 Å². The van der Waals surface area contributed by atoms with Crippen LogP contribution in [0.3, 0.4) is 0 Å². The number of nitrogens with one attached hydrogen (secondary N) is 2. The molecule has 2 rings (SSSR count). The van der Waals surface area contributed by atoms with Crippen LogP contribution in [-0.2, 0) is 14.8 Å². The molecule has 1 aromatic rings. The molecule has 0 unspecified atom stereocenters. The van der Waals surface area contributed by atoms with Crippen LogP contribution in [0.2, 0.25) is 0 Å². The highest BCUT2D eigenvalue weighted by atomic mass is 32.2. The number of sulfonamides is 1. The molecule has 0 saturated carbocycles. The van der Waals surface area contributed by atoms with Gasteiger partial charge >= 0.3 is 0 Å². The van der Waals surface area contributed by atoms with Crippen molar-refractivity contribution in [3.63, 3.8) is 0 Å². The van der Waals surface area contributed by atoms with E-state index < -0.39 is 15.9 Å². The highest BCUT2D eigenvalue weighted by molar-refractivity contribution is 7.90. The lowest BCUT2D eigenvalue weighted by Gasteiger charge is -2.17. The Morgan fingerprint density at radius 2 is 2.12 bits per heavy atom. The summed E-state index contributed by atoms with van der Waals surface area (Å²) < 4.78 is 27.0. The lowest BCUT2D eigenvalue weighted by molar-refractivity contribution is -0.119. The number of para-hydroxylation sites is 1. The highest BCUT2D eigenvalue weighted by Crippen LogP contribution is 2.26. The zero-order valence-electron chi connectivity index (χ0n) is 8.67. The largest absolute Gasteiger partial charge is 0.341 e. The Morgan fingerprint density at radius 3 is 2.82 bits per heavy atom. The minimum atomic E-state index is -3.74. The van der Waals surface area contributed by atoms with Crippen LogP contribution in [0.1, 0.15) is 6.42 Å². The maximum atomic E-state index is 11.8. The molecule has 0 atom stereocenters. The summed E-state index contributed by atoms with van der Waals surface area (Å²) in [6, 6.07) is 6.33. The molecule has 7 nitrogen and oxygen atoms in total. The molecule has 0 aromatic heterocycles. The number of nitrogens with two attached hydrogens (primary N) is 1. The lowest BCUT2D eigenvalue weighted by Crippen LogP contribution is -2.34. The summed E-state index contributed by atoms with van der Waals surface area (Å²) in [5, 5.41) is 2.77. The van der Waals surface area contributed by atoms with E-state index in [0.29, 0.717) is 5.69 Å². The van der Waals surface area contributed by atoms with Gasteiger partial charge in [0.1, 0.15) is 10.7 Å². The van der Waals surface area contributed by atoms with Crippen molar-refractivity contribution in [1.82, 2.24) is 5.43 Å². The molecule has 0 spiro atoms. The van der Waals surface area contributed by atoms with E-state index in [1.807, 2.05) is 5.43 Å². The van der Waals surface area contributed by atoms with E-state index in [1.165, 1.54) is 6.07 Å². The van der Waals surface area contributed by atoms with Crippen LogP contribution in [0.15, 0.2) is 33.6 Å². The van der Waals surface area contributed by atoms with Crippen LogP contribution in [0.4, 0.5) is 5.69 Å². The third kappa shape index (κ3) is 2.27. The highest BCUT2D eigenvalue weighted by Gasteiger charge is 2.24. The summed E-state index contributed by atoms with van der Waals surface area (Å²) in [5.41, 5.74) is 2.31. The van der Waals surface area contributed by atoms with Gasteiger partial charge in [-0.25, -0.2) is 5.84 Å². The SMILES string of the molecule is NNC(=O)CC1=NS(=O)(=O)c2ccccc2N1. The zero-order chi connectivity index (χ0) is 12.5. The van der Waals surface area contributed by atoms with Crippen molar-refractivity contribution in [2.75, 3.05) is 5.32 Å². The average Bonchev–Trinajstić information content (AvgIpc) is 2.28. The second-order valence-corrected chi connectivity index (χ2v) is 4.95. The number of benzene rings is 1. The molecule has 1 aliphatic heterocycles. The Morgan fingerprint density at radius 1 is 1.41 bits per heavy atom. The molecule has 1 aliphatic rings. The number of rotatable bonds is 2. The first kappa shape index (κ1) is 11.6. The quantitative estimate of drug-likeness (QED) is 0.377. The number of nitrogens with zero attached hydrogens (tertiary/aromatic N) is 1. The number of fused-ring (bicyclic) bond motifs is 1. The van der Waals surface area contributed by atoms with E-state index in [1.54, 1.807) is 18.2 Å². The molecule has 90 valence electrons. The Hall–Kier alpha value is -1.93. The van der Waals surface area contributed by atoms with Crippen molar-refractivity contribution >= 4 is 27.5 Å². The molecule has 0 radical (unpaired) electrons. The summed E-state index contributed by atoms with van der Waals surface area (Å²) >= 11 is 0. The fourth-order valence-electron chi connectivity index (χ4n) is 1.45. The first-order valence-corrected chi connectivity index (χ1v) is 6.16. The summed E-state index contributed by atoms with van der Waals surface area (Å²) in [5.74, 6) is 4.45. The van der Waals surface area contributed by atoms with Gasteiger partial charge in [-0.3, -0.25) is 10.2 Å². The fourth-order valence-corrected chi connectivity index (χ4v) is 2.59. The molecule has 17 heavy (non-hydrogen) atoms. The van der Waals surface area contributed by atoms with Crippen LogP contribution in [-0.4, -0.2) is 20.2 Å². The minimum absolute atomic E-state index is 0.0478. The van der Waals surface area contributed by atoms with Gasteiger partial charge in [-0.15, -0.1) is 4.40 Å². The number of anilines is 1. The normalized spacial score (nSPS) is 16.4. The van der Waals surface area contributed by atoms with Crippen molar-refractivity contribution in [1.29, 1.82) is 0 Å². The number of carbonyl (C=O) groups is 1. The van der Waals surface area contributed by atoms with Crippen molar-refractivity contribution in [3.8, 4) is 0 Å². The molecule has 0 aliphatic carbocycles. The topological polar surface area (TPSA) is 114 Å². The van der Waals surface area contributed by atoms with Crippen LogP contribution in [0.5, 0.6) is 0 Å². The molecular weight excluding hydrogens is 244 g/mol. The molecular formula is C9H10N4O3S. The van der Waals surface area contributed by atoms with Gasteiger partial charge in [0.2, 0.25) is 5.91 Å². The van der Waals surface area contributed by atoms with Gasteiger partial charge in [-0.1, -0.05) is 12.1 Å². The Bertz CT molecular complexity index is 594. The van der Waals surface area contributed by atoms with Gasteiger partial charge in [0, 0.05) is 0 Å². The van der Waals surface area contributed by atoms with Crippen LogP contribution >= 0.6 is 0 Å². The van der Waals surface area contributed by atoms with E-state index in [9.17, 15) is 13.2 Å². The fraction of sp³-hybridized carbons (Fsp3) is 0.111. The third-order valence-electron chi connectivity index (χ3n) is 2.16. The van der Waals surface area contributed by atoms with Crippen molar-refractivity contribution in [2.45, 2.75) is 11.3 Å². The van der Waals surface area contributed by atoms with Crippen molar-refractivity contribution in [2.24, 2.45) is 10.2 Å². The minimum Gasteiger partial charge on any atom is -0.341 e. The summed E-state index contributed by atoms with van der Waals surface area (Å²) in [7, 11) is -3.74. The Labute approximate surface area is 97.7 Å².